The van der Waals surface area contributed by atoms with E-state index in [2.05, 4.69) is 15.5 Å². The Morgan fingerprint density at radius 1 is 1.50 bits per heavy atom. The molecule has 20 heavy (non-hydrogen) atoms. The number of rotatable bonds is 5. The zero-order valence-corrected chi connectivity index (χ0v) is 10.9. The first-order valence-electron chi connectivity index (χ1n) is 6.16. The van der Waals surface area contributed by atoms with Gasteiger partial charge in [-0.25, -0.2) is 0 Å². The molecular weight excluding hydrogens is 260 g/mol. The number of amides is 1. The summed E-state index contributed by atoms with van der Waals surface area (Å²) in [5.41, 5.74) is 1.07. The Kier molecular flexibility index (Phi) is 4.09. The van der Waals surface area contributed by atoms with Gasteiger partial charge in [-0.05, 0) is 18.1 Å². The molecule has 0 aliphatic carbocycles. The van der Waals surface area contributed by atoms with E-state index in [4.69, 9.17) is 0 Å². The van der Waals surface area contributed by atoms with Crippen LogP contribution in [0.15, 0.2) is 36.5 Å². The Hall–Kier alpha value is -2.70. The van der Waals surface area contributed by atoms with Crippen LogP contribution >= 0.6 is 0 Å². The third kappa shape index (κ3) is 3.00. The third-order valence-electron chi connectivity index (χ3n) is 2.94. The standard InChI is InChI=1S/C13H14N4O3/c1-2-11(15-13(18)12-6-7-14-16-12)9-4-3-5-10(8-9)17(19)20/h3-8,11H,2H2,1H3,(H,14,16)(H,15,18)/t11-/m1/s1. The lowest BCUT2D eigenvalue weighted by atomic mass is 10.0. The van der Waals surface area contributed by atoms with Crippen molar-refractivity contribution >= 4 is 11.6 Å². The molecule has 1 aromatic carbocycles. The van der Waals surface area contributed by atoms with E-state index in [1.165, 1.54) is 18.3 Å². The van der Waals surface area contributed by atoms with E-state index in [-0.39, 0.29) is 17.6 Å². The van der Waals surface area contributed by atoms with Gasteiger partial charge in [0.1, 0.15) is 5.69 Å². The van der Waals surface area contributed by atoms with Crippen molar-refractivity contribution in [2.75, 3.05) is 0 Å². The fraction of sp³-hybridized carbons (Fsp3) is 0.231. The molecule has 0 spiro atoms. The van der Waals surface area contributed by atoms with Crippen molar-refractivity contribution in [2.24, 2.45) is 0 Å². The van der Waals surface area contributed by atoms with Crippen LogP contribution in [0.5, 0.6) is 0 Å². The highest BCUT2D eigenvalue weighted by Crippen LogP contribution is 2.21. The van der Waals surface area contributed by atoms with Gasteiger partial charge in [0.15, 0.2) is 0 Å². The molecule has 0 fully saturated rings. The van der Waals surface area contributed by atoms with E-state index in [9.17, 15) is 14.9 Å². The molecular formula is C13H14N4O3. The lowest BCUT2D eigenvalue weighted by Gasteiger charge is -2.16. The van der Waals surface area contributed by atoms with E-state index in [1.54, 1.807) is 18.2 Å². The minimum absolute atomic E-state index is 0.0109. The van der Waals surface area contributed by atoms with Gasteiger partial charge < -0.3 is 5.32 Å². The number of H-pyrrole nitrogens is 1. The summed E-state index contributed by atoms with van der Waals surface area (Å²) in [6, 6.07) is 7.54. The van der Waals surface area contributed by atoms with Gasteiger partial charge in [-0.15, -0.1) is 0 Å². The van der Waals surface area contributed by atoms with Crippen LogP contribution in [0.4, 0.5) is 5.69 Å². The van der Waals surface area contributed by atoms with Gasteiger partial charge in [0.25, 0.3) is 11.6 Å². The average molecular weight is 274 g/mol. The van der Waals surface area contributed by atoms with Crippen LogP contribution in [0.1, 0.15) is 35.4 Å². The Morgan fingerprint density at radius 2 is 2.30 bits per heavy atom. The molecule has 1 atom stereocenters. The summed E-state index contributed by atoms with van der Waals surface area (Å²) >= 11 is 0. The summed E-state index contributed by atoms with van der Waals surface area (Å²) in [5.74, 6) is -0.291. The van der Waals surface area contributed by atoms with Crippen LogP contribution in [0.2, 0.25) is 0 Å². The summed E-state index contributed by atoms with van der Waals surface area (Å²) < 4.78 is 0. The number of hydrogen-bond donors (Lipinski definition) is 2. The number of hydrogen-bond acceptors (Lipinski definition) is 4. The number of nitrogens with one attached hydrogen (secondary N) is 2. The smallest absolute Gasteiger partial charge is 0.269 e. The van der Waals surface area contributed by atoms with E-state index >= 15 is 0 Å². The Bertz CT molecular complexity index is 610. The highest BCUT2D eigenvalue weighted by molar-refractivity contribution is 5.92. The molecule has 7 nitrogen and oxygen atoms in total. The fourth-order valence-corrected chi connectivity index (χ4v) is 1.89. The number of benzene rings is 1. The van der Waals surface area contributed by atoms with E-state index in [1.807, 2.05) is 6.92 Å². The summed E-state index contributed by atoms with van der Waals surface area (Å²) in [5, 5.41) is 19.9. The first-order valence-corrected chi connectivity index (χ1v) is 6.16. The van der Waals surface area contributed by atoms with Crippen molar-refractivity contribution in [3.8, 4) is 0 Å². The molecule has 0 unspecified atom stereocenters. The SMILES string of the molecule is CC[C@@H](NC(=O)c1ccn[nH]1)c1cccc([N+](=O)[O-])c1. The number of aromatic amines is 1. The van der Waals surface area contributed by atoms with Crippen molar-refractivity contribution in [1.82, 2.24) is 15.5 Å². The minimum atomic E-state index is -0.451. The second kappa shape index (κ2) is 5.96. The van der Waals surface area contributed by atoms with Gasteiger partial charge >= 0.3 is 0 Å². The second-order valence-electron chi connectivity index (χ2n) is 4.26. The molecule has 104 valence electrons. The Balaban J connectivity index is 2.18. The van der Waals surface area contributed by atoms with Crippen molar-refractivity contribution in [3.05, 3.63) is 57.9 Å². The molecule has 0 aliphatic rings. The molecule has 1 aromatic heterocycles. The first-order chi connectivity index (χ1) is 9.61. The van der Waals surface area contributed by atoms with Gasteiger partial charge in [-0.3, -0.25) is 20.0 Å². The van der Waals surface area contributed by atoms with Crippen molar-refractivity contribution in [1.29, 1.82) is 0 Å². The maximum atomic E-state index is 12.0. The van der Waals surface area contributed by atoms with Crippen LogP contribution in [0.3, 0.4) is 0 Å². The summed E-state index contributed by atoms with van der Waals surface area (Å²) in [6.45, 7) is 1.90. The lowest BCUT2D eigenvalue weighted by Crippen LogP contribution is -2.28. The predicted octanol–water partition coefficient (Wildman–Crippen LogP) is 2.20. The van der Waals surface area contributed by atoms with Gasteiger partial charge in [0.2, 0.25) is 0 Å². The number of carbonyl (C=O) groups excluding carboxylic acids is 1. The largest absolute Gasteiger partial charge is 0.344 e. The van der Waals surface area contributed by atoms with Gasteiger partial charge in [0, 0.05) is 18.3 Å². The second-order valence-corrected chi connectivity index (χ2v) is 4.26. The monoisotopic (exact) mass is 274 g/mol. The van der Waals surface area contributed by atoms with E-state index in [0.29, 0.717) is 17.7 Å². The Morgan fingerprint density at radius 3 is 2.90 bits per heavy atom. The normalized spacial score (nSPS) is 11.8. The molecule has 0 saturated carbocycles. The number of carbonyl (C=O) groups is 1. The highest BCUT2D eigenvalue weighted by atomic mass is 16.6. The van der Waals surface area contributed by atoms with Crippen LogP contribution in [0.25, 0.3) is 0 Å². The van der Waals surface area contributed by atoms with Gasteiger partial charge in [-0.2, -0.15) is 5.10 Å². The van der Waals surface area contributed by atoms with E-state index in [0.717, 1.165) is 0 Å². The number of nitro benzene ring substituents is 1. The predicted molar refractivity (Wildman–Crippen MR) is 72.2 cm³/mol. The van der Waals surface area contributed by atoms with Gasteiger partial charge in [-0.1, -0.05) is 19.1 Å². The minimum Gasteiger partial charge on any atom is -0.344 e. The van der Waals surface area contributed by atoms with Crippen LogP contribution in [-0.4, -0.2) is 21.0 Å². The van der Waals surface area contributed by atoms with Crippen molar-refractivity contribution in [3.63, 3.8) is 0 Å². The van der Waals surface area contributed by atoms with Crippen LogP contribution in [0, 0.1) is 10.1 Å². The number of aromatic nitrogens is 2. The summed E-state index contributed by atoms with van der Waals surface area (Å²) in [4.78, 5) is 22.3. The summed E-state index contributed by atoms with van der Waals surface area (Å²) in [7, 11) is 0. The topological polar surface area (TPSA) is 101 Å². The van der Waals surface area contributed by atoms with Gasteiger partial charge in [0.05, 0.1) is 11.0 Å². The molecule has 0 radical (unpaired) electrons. The zero-order chi connectivity index (χ0) is 14.5. The fourth-order valence-electron chi connectivity index (χ4n) is 1.89. The molecule has 1 amide bonds. The maximum absolute atomic E-state index is 12.0. The first kappa shape index (κ1) is 13.7. The quantitative estimate of drug-likeness (QED) is 0.644. The molecule has 0 aliphatic heterocycles. The maximum Gasteiger partial charge on any atom is 0.269 e. The molecule has 2 N–H and O–H groups in total. The molecule has 2 rings (SSSR count). The van der Waals surface area contributed by atoms with Crippen molar-refractivity contribution in [2.45, 2.75) is 19.4 Å². The lowest BCUT2D eigenvalue weighted by molar-refractivity contribution is -0.384. The third-order valence-corrected chi connectivity index (χ3v) is 2.94. The number of nitro groups is 1. The molecule has 0 saturated heterocycles. The summed E-state index contributed by atoms with van der Waals surface area (Å²) in [6.07, 6.45) is 2.12. The Labute approximate surface area is 115 Å². The number of nitrogens with zero attached hydrogens (tertiary/aromatic N) is 2. The molecule has 7 heteroatoms. The average Bonchev–Trinajstić information content (AvgIpc) is 2.99. The van der Waals surface area contributed by atoms with Crippen LogP contribution in [-0.2, 0) is 0 Å². The number of non-ortho nitro benzene ring substituents is 1. The molecule has 0 bridgehead atoms. The molecule has 2 aromatic rings. The molecule has 1 heterocycles. The highest BCUT2D eigenvalue weighted by Gasteiger charge is 2.17. The zero-order valence-electron chi connectivity index (χ0n) is 10.9. The van der Waals surface area contributed by atoms with Crippen LogP contribution < -0.4 is 5.32 Å². The van der Waals surface area contributed by atoms with Crippen molar-refractivity contribution < 1.29 is 9.72 Å². The van der Waals surface area contributed by atoms with E-state index < -0.39 is 4.92 Å².